The average molecular weight is 346 g/mol. The summed E-state index contributed by atoms with van der Waals surface area (Å²) in [5, 5.41) is 3.20. The van der Waals surface area contributed by atoms with Crippen LogP contribution in [0, 0.1) is 0 Å². The summed E-state index contributed by atoms with van der Waals surface area (Å²) >= 11 is 7.37. The molecule has 2 heterocycles. The molecule has 0 spiro atoms. The number of hydrogen-bond acceptors (Lipinski definition) is 4. The molecule has 5 nitrogen and oxygen atoms in total. The highest BCUT2D eigenvalue weighted by Gasteiger charge is 2.21. The Morgan fingerprint density at radius 3 is 2.83 bits per heavy atom. The predicted molar refractivity (Wildman–Crippen MR) is 90.8 cm³/mol. The summed E-state index contributed by atoms with van der Waals surface area (Å²) in [6.45, 7) is 0. The zero-order chi connectivity index (χ0) is 16.0. The van der Waals surface area contributed by atoms with E-state index in [1.807, 2.05) is 0 Å². The zero-order valence-electron chi connectivity index (χ0n) is 12.0. The highest BCUT2D eigenvalue weighted by Crippen LogP contribution is 2.29. The first-order valence-corrected chi connectivity index (χ1v) is 8.42. The molecule has 116 valence electrons. The van der Waals surface area contributed by atoms with Crippen LogP contribution in [0.4, 0.5) is 5.69 Å². The van der Waals surface area contributed by atoms with Crippen LogP contribution in [0.1, 0.15) is 27.3 Å². The number of fused-ring (bicyclic) bond motifs is 3. The van der Waals surface area contributed by atoms with Crippen LogP contribution in [0.25, 0.3) is 4.96 Å². The summed E-state index contributed by atoms with van der Waals surface area (Å²) in [7, 11) is 0. The first-order chi connectivity index (χ1) is 11.1. The van der Waals surface area contributed by atoms with E-state index in [1.165, 1.54) is 11.1 Å². The van der Waals surface area contributed by atoms with Crippen LogP contribution in [-0.2, 0) is 12.8 Å². The van der Waals surface area contributed by atoms with Crippen LogP contribution in [-0.4, -0.2) is 15.3 Å². The number of aromatic nitrogens is 2. The molecule has 1 aromatic carbocycles. The van der Waals surface area contributed by atoms with Crippen LogP contribution in [0.15, 0.2) is 35.3 Å². The van der Waals surface area contributed by atoms with Crippen molar-refractivity contribution >= 4 is 39.5 Å². The van der Waals surface area contributed by atoms with Gasteiger partial charge in [0.2, 0.25) is 0 Å². The van der Waals surface area contributed by atoms with Gasteiger partial charge in [0.1, 0.15) is 5.69 Å². The van der Waals surface area contributed by atoms with E-state index in [0.717, 1.165) is 25.0 Å². The first-order valence-electron chi connectivity index (χ1n) is 7.23. The minimum Gasteiger partial charge on any atom is -0.316 e. The molecule has 0 fully saturated rings. The van der Waals surface area contributed by atoms with Crippen LogP contribution < -0.4 is 10.9 Å². The van der Waals surface area contributed by atoms with Gasteiger partial charge in [0.05, 0.1) is 6.20 Å². The van der Waals surface area contributed by atoms with Gasteiger partial charge in [-0.1, -0.05) is 11.6 Å². The molecular formula is C16H12ClN3O2S. The summed E-state index contributed by atoms with van der Waals surface area (Å²) in [5.41, 5.74) is 1.44. The summed E-state index contributed by atoms with van der Waals surface area (Å²) < 4.78 is 1.63. The number of hydrogen-bond donors (Lipinski definition) is 1. The molecule has 0 bridgehead atoms. The molecule has 4 rings (SSSR count). The minimum atomic E-state index is -0.354. The molecule has 0 saturated carbocycles. The van der Waals surface area contributed by atoms with E-state index in [9.17, 15) is 9.59 Å². The monoisotopic (exact) mass is 345 g/mol. The molecule has 1 aliphatic carbocycles. The van der Waals surface area contributed by atoms with Crippen molar-refractivity contribution in [3.05, 3.63) is 62.0 Å². The molecule has 0 radical (unpaired) electrons. The standard InChI is InChI=1S/C16H12ClN3O2S/c17-10-6-4-9(5-7-10)14(21)19-11-8-18-16-20(15(11)22)12-2-1-3-13(12)23-16/h4-8H,1-3H2,(H,19,21). The SMILES string of the molecule is O=C(Nc1cnc2sc3c(n2c1=O)CCC3)c1ccc(Cl)cc1. The minimum absolute atomic E-state index is 0.190. The van der Waals surface area contributed by atoms with Gasteiger partial charge in [-0.25, -0.2) is 4.98 Å². The van der Waals surface area contributed by atoms with Gasteiger partial charge in [-0.05, 0) is 43.5 Å². The lowest BCUT2D eigenvalue weighted by Crippen LogP contribution is -2.23. The second-order valence-corrected chi connectivity index (χ2v) is 6.88. The fraction of sp³-hybridized carbons (Fsp3) is 0.188. The molecule has 0 atom stereocenters. The Morgan fingerprint density at radius 1 is 1.26 bits per heavy atom. The second-order valence-electron chi connectivity index (χ2n) is 5.38. The van der Waals surface area contributed by atoms with Crippen LogP contribution in [0.2, 0.25) is 5.02 Å². The Labute approximate surface area is 140 Å². The quantitative estimate of drug-likeness (QED) is 0.776. The number of rotatable bonds is 2. The molecule has 3 aromatic rings. The van der Waals surface area contributed by atoms with E-state index < -0.39 is 0 Å². The number of halogens is 1. The van der Waals surface area contributed by atoms with Crippen LogP contribution in [0.3, 0.4) is 0 Å². The summed E-state index contributed by atoms with van der Waals surface area (Å²) in [6, 6.07) is 6.50. The van der Waals surface area contributed by atoms with Gasteiger partial charge in [0.15, 0.2) is 4.96 Å². The number of nitrogens with one attached hydrogen (secondary N) is 1. The van der Waals surface area contributed by atoms with Gasteiger partial charge in [-0.3, -0.25) is 14.0 Å². The highest BCUT2D eigenvalue weighted by molar-refractivity contribution is 7.17. The maximum Gasteiger partial charge on any atom is 0.282 e. The van der Waals surface area contributed by atoms with Crippen molar-refractivity contribution in [1.29, 1.82) is 0 Å². The van der Waals surface area contributed by atoms with Gasteiger partial charge in [0.25, 0.3) is 11.5 Å². The summed E-state index contributed by atoms with van der Waals surface area (Å²) in [4.78, 5) is 31.1. The number of nitrogens with zero attached hydrogens (tertiary/aromatic N) is 2. The number of aryl methyl sites for hydroxylation is 2. The maximum absolute atomic E-state index is 12.7. The lowest BCUT2D eigenvalue weighted by Gasteiger charge is -2.05. The van der Waals surface area contributed by atoms with Gasteiger partial charge >= 0.3 is 0 Å². The van der Waals surface area contributed by atoms with E-state index in [2.05, 4.69) is 10.3 Å². The smallest absolute Gasteiger partial charge is 0.282 e. The zero-order valence-corrected chi connectivity index (χ0v) is 13.6. The molecule has 0 aliphatic heterocycles. The van der Waals surface area contributed by atoms with Crippen molar-refractivity contribution in [2.24, 2.45) is 0 Å². The van der Waals surface area contributed by atoms with E-state index in [0.29, 0.717) is 15.5 Å². The topological polar surface area (TPSA) is 63.5 Å². The lowest BCUT2D eigenvalue weighted by atomic mass is 10.2. The van der Waals surface area contributed by atoms with E-state index in [-0.39, 0.29) is 17.2 Å². The van der Waals surface area contributed by atoms with Gasteiger partial charge in [0, 0.05) is 21.2 Å². The van der Waals surface area contributed by atoms with E-state index in [4.69, 9.17) is 11.6 Å². The summed E-state index contributed by atoms with van der Waals surface area (Å²) in [6.07, 6.45) is 4.36. The Morgan fingerprint density at radius 2 is 2.04 bits per heavy atom. The molecule has 0 unspecified atom stereocenters. The van der Waals surface area contributed by atoms with Crippen LogP contribution >= 0.6 is 22.9 Å². The van der Waals surface area contributed by atoms with Crippen molar-refractivity contribution < 1.29 is 4.79 Å². The van der Waals surface area contributed by atoms with Gasteiger partial charge < -0.3 is 5.32 Å². The molecule has 1 aliphatic rings. The number of amides is 1. The molecule has 2 aromatic heterocycles. The number of anilines is 1. The number of carbonyl (C=O) groups excluding carboxylic acids is 1. The Kier molecular flexibility index (Phi) is 3.43. The molecule has 1 N–H and O–H groups in total. The third-order valence-corrected chi connectivity index (χ3v) is 5.32. The second kappa shape index (κ2) is 5.47. The van der Waals surface area contributed by atoms with E-state index >= 15 is 0 Å². The normalized spacial score (nSPS) is 13.3. The Balaban J connectivity index is 1.72. The Bertz CT molecular complexity index is 975. The first kappa shape index (κ1) is 14.4. The fourth-order valence-corrected chi connectivity index (χ4v) is 4.08. The molecule has 23 heavy (non-hydrogen) atoms. The summed E-state index contributed by atoms with van der Waals surface area (Å²) in [5.74, 6) is -0.354. The third-order valence-electron chi connectivity index (χ3n) is 3.91. The Hall–Kier alpha value is -2.18. The number of thiazole rings is 1. The number of carbonyl (C=O) groups is 1. The maximum atomic E-state index is 12.7. The van der Waals surface area contributed by atoms with Gasteiger partial charge in [-0.15, -0.1) is 11.3 Å². The predicted octanol–water partition coefficient (Wildman–Crippen LogP) is 3.15. The number of benzene rings is 1. The van der Waals surface area contributed by atoms with Crippen molar-refractivity contribution in [2.75, 3.05) is 5.32 Å². The lowest BCUT2D eigenvalue weighted by molar-refractivity contribution is 0.102. The van der Waals surface area contributed by atoms with Crippen LogP contribution in [0.5, 0.6) is 0 Å². The van der Waals surface area contributed by atoms with Crippen molar-refractivity contribution in [1.82, 2.24) is 9.38 Å². The molecule has 7 heteroatoms. The highest BCUT2D eigenvalue weighted by atomic mass is 35.5. The molecule has 0 saturated heterocycles. The largest absolute Gasteiger partial charge is 0.316 e. The van der Waals surface area contributed by atoms with E-state index in [1.54, 1.807) is 40.0 Å². The fourth-order valence-electron chi connectivity index (χ4n) is 2.79. The van der Waals surface area contributed by atoms with Crippen molar-refractivity contribution in [3.63, 3.8) is 0 Å². The molecule has 1 amide bonds. The van der Waals surface area contributed by atoms with Crippen molar-refractivity contribution in [3.8, 4) is 0 Å². The van der Waals surface area contributed by atoms with Crippen molar-refractivity contribution in [2.45, 2.75) is 19.3 Å². The molecular weight excluding hydrogens is 334 g/mol. The van der Waals surface area contributed by atoms with Gasteiger partial charge in [-0.2, -0.15) is 0 Å². The third kappa shape index (κ3) is 2.44. The average Bonchev–Trinajstić information content (AvgIpc) is 3.11.